The second-order valence-electron chi connectivity index (χ2n) is 6.54. The van der Waals surface area contributed by atoms with Gasteiger partial charge in [0.15, 0.2) is 17.2 Å². The van der Waals surface area contributed by atoms with Gasteiger partial charge in [-0.05, 0) is 18.2 Å². The van der Waals surface area contributed by atoms with Crippen LogP contribution in [0.2, 0.25) is 0 Å². The molecule has 1 atom stereocenters. The van der Waals surface area contributed by atoms with Crippen LogP contribution in [0.15, 0.2) is 53.9 Å². The third-order valence-electron chi connectivity index (χ3n) is 4.34. The van der Waals surface area contributed by atoms with Crippen molar-refractivity contribution in [2.24, 2.45) is 0 Å². The number of hydrogen-bond donors (Lipinski definition) is 0. The first-order chi connectivity index (χ1) is 14.4. The van der Waals surface area contributed by atoms with Crippen molar-refractivity contribution >= 4 is 23.2 Å². The normalized spacial score (nSPS) is 11.5. The van der Waals surface area contributed by atoms with Crippen molar-refractivity contribution in [1.82, 2.24) is 9.88 Å². The highest BCUT2D eigenvalue weighted by Crippen LogP contribution is 2.34. The van der Waals surface area contributed by atoms with E-state index in [1.165, 1.54) is 16.2 Å². The first-order valence-corrected chi connectivity index (χ1v) is 9.97. The van der Waals surface area contributed by atoms with Crippen LogP contribution in [0.3, 0.4) is 0 Å². The van der Waals surface area contributed by atoms with Crippen LogP contribution in [0.1, 0.15) is 22.2 Å². The molecule has 2 aromatic carbocycles. The molecule has 0 saturated carbocycles. The summed E-state index contributed by atoms with van der Waals surface area (Å²) in [4.78, 5) is 31.1. The Balaban J connectivity index is 1.84. The fraction of sp³-hybridized carbons (Fsp3) is 0.227. The maximum Gasteiger partial charge on any atom is 0.358 e. The molecular formula is C22H22N2O5S. The van der Waals surface area contributed by atoms with Crippen LogP contribution in [0.4, 0.5) is 0 Å². The Morgan fingerprint density at radius 2 is 1.70 bits per heavy atom. The number of esters is 1. The lowest BCUT2D eigenvalue weighted by atomic mass is 10.1. The molecule has 3 rings (SSSR count). The summed E-state index contributed by atoms with van der Waals surface area (Å²) in [6, 6.07) is 14.3. The minimum Gasteiger partial charge on any atom is -0.493 e. The molecular weight excluding hydrogens is 404 g/mol. The number of methoxy groups -OCH3 is 2. The van der Waals surface area contributed by atoms with E-state index >= 15 is 0 Å². The highest BCUT2D eigenvalue weighted by Gasteiger charge is 2.28. The summed E-state index contributed by atoms with van der Waals surface area (Å²) in [6.45, 7) is 0. The van der Waals surface area contributed by atoms with Crippen molar-refractivity contribution in [3.63, 3.8) is 0 Å². The first kappa shape index (κ1) is 21.3. The molecule has 1 aromatic heterocycles. The average Bonchev–Trinajstić information content (AvgIpc) is 3.27. The standard InChI is InChI=1S/C22H22N2O5S/c1-24(2)21(25)19(14-8-6-5-7-9-14)29-22(26)16-13-30-20(23-16)15-10-11-17(27-3)18(12-15)28-4/h5-13,19H,1-4H3/t19-/m0/s1. The minimum absolute atomic E-state index is 0.136. The summed E-state index contributed by atoms with van der Waals surface area (Å²) in [5, 5.41) is 2.23. The predicted molar refractivity (Wildman–Crippen MR) is 114 cm³/mol. The lowest BCUT2D eigenvalue weighted by Crippen LogP contribution is -2.31. The van der Waals surface area contributed by atoms with Crippen LogP contribution in [-0.4, -0.2) is 50.1 Å². The minimum atomic E-state index is -1.04. The number of aromatic nitrogens is 1. The second kappa shape index (κ2) is 9.41. The molecule has 0 saturated heterocycles. The molecule has 0 aliphatic heterocycles. The first-order valence-electron chi connectivity index (χ1n) is 9.09. The van der Waals surface area contributed by atoms with Gasteiger partial charge in [-0.3, -0.25) is 4.79 Å². The van der Waals surface area contributed by atoms with Gasteiger partial charge in [0.25, 0.3) is 5.91 Å². The zero-order valence-electron chi connectivity index (χ0n) is 17.1. The molecule has 156 valence electrons. The number of hydrogen-bond acceptors (Lipinski definition) is 7. The number of amides is 1. The third kappa shape index (κ3) is 4.60. The fourth-order valence-corrected chi connectivity index (χ4v) is 3.55. The highest BCUT2D eigenvalue weighted by molar-refractivity contribution is 7.13. The number of likely N-dealkylation sites (N-methyl/N-ethyl adjacent to an activating group) is 1. The smallest absolute Gasteiger partial charge is 0.358 e. The van der Waals surface area contributed by atoms with E-state index in [-0.39, 0.29) is 11.6 Å². The zero-order valence-corrected chi connectivity index (χ0v) is 17.9. The molecule has 1 amide bonds. The molecule has 3 aromatic rings. The van der Waals surface area contributed by atoms with Gasteiger partial charge in [-0.1, -0.05) is 30.3 Å². The van der Waals surface area contributed by atoms with Gasteiger partial charge in [0.05, 0.1) is 14.2 Å². The molecule has 0 aliphatic rings. The van der Waals surface area contributed by atoms with E-state index in [2.05, 4.69) is 4.98 Å². The Hall–Kier alpha value is -3.39. The molecule has 30 heavy (non-hydrogen) atoms. The summed E-state index contributed by atoms with van der Waals surface area (Å²) in [5.41, 5.74) is 1.51. The van der Waals surface area contributed by atoms with Gasteiger partial charge in [0, 0.05) is 30.6 Å². The van der Waals surface area contributed by atoms with Gasteiger partial charge in [-0.15, -0.1) is 11.3 Å². The van der Waals surface area contributed by atoms with Gasteiger partial charge in [-0.25, -0.2) is 9.78 Å². The van der Waals surface area contributed by atoms with Crippen molar-refractivity contribution in [2.75, 3.05) is 28.3 Å². The highest BCUT2D eigenvalue weighted by atomic mass is 32.1. The van der Waals surface area contributed by atoms with Crippen molar-refractivity contribution in [3.8, 4) is 22.1 Å². The molecule has 0 radical (unpaired) electrons. The Morgan fingerprint density at radius 1 is 1.00 bits per heavy atom. The number of carbonyl (C=O) groups excluding carboxylic acids is 2. The Labute approximate surface area is 178 Å². The van der Waals surface area contributed by atoms with Gasteiger partial charge >= 0.3 is 5.97 Å². The molecule has 0 aliphatic carbocycles. The second-order valence-corrected chi connectivity index (χ2v) is 7.39. The number of nitrogens with zero attached hydrogens (tertiary/aromatic N) is 2. The van der Waals surface area contributed by atoms with E-state index in [9.17, 15) is 9.59 Å². The maximum atomic E-state index is 12.7. The van der Waals surface area contributed by atoms with Gasteiger partial charge in [0.1, 0.15) is 5.01 Å². The third-order valence-corrected chi connectivity index (χ3v) is 5.23. The van der Waals surface area contributed by atoms with E-state index in [0.717, 1.165) is 5.56 Å². The van der Waals surface area contributed by atoms with Gasteiger partial charge in [-0.2, -0.15) is 0 Å². The quantitative estimate of drug-likeness (QED) is 0.535. The van der Waals surface area contributed by atoms with E-state index in [4.69, 9.17) is 14.2 Å². The Morgan fingerprint density at radius 3 is 2.33 bits per heavy atom. The molecule has 7 nitrogen and oxygen atoms in total. The largest absolute Gasteiger partial charge is 0.493 e. The summed E-state index contributed by atoms with van der Waals surface area (Å²) < 4.78 is 16.1. The molecule has 0 unspecified atom stereocenters. The van der Waals surface area contributed by atoms with E-state index < -0.39 is 12.1 Å². The van der Waals surface area contributed by atoms with Gasteiger partial charge in [0.2, 0.25) is 6.10 Å². The van der Waals surface area contributed by atoms with E-state index in [0.29, 0.717) is 22.1 Å². The summed E-state index contributed by atoms with van der Waals surface area (Å²) in [6.07, 6.45) is -1.04. The SMILES string of the molecule is COc1ccc(-c2nc(C(=O)O[C@H](C(=O)N(C)C)c3ccccc3)cs2)cc1OC. The van der Waals surface area contributed by atoms with Crippen LogP contribution in [-0.2, 0) is 9.53 Å². The van der Waals surface area contributed by atoms with E-state index in [1.807, 2.05) is 12.1 Å². The Bertz CT molecular complexity index is 1030. The molecule has 8 heteroatoms. The van der Waals surface area contributed by atoms with Crippen LogP contribution < -0.4 is 9.47 Å². The van der Waals surface area contributed by atoms with Crippen LogP contribution >= 0.6 is 11.3 Å². The van der Waals surface area contributed by atoms with Crippen molar-refractivity contribution in [2.45, 2.75) is 6.10 Å². The fourth-order valence-electron chi connectivity index (χ4n) is 2.76. The van der Waals surface area contributed by atoms with Crippen LogP contribution in [0, 0.1) is 0 Å². The number of benzene rings is 2. The van der Waals surface area contributed by atoms with Crippen LogP contribution in [0.25, 0.3) is 10.6 Å². The van der Waals surface area contributed by atoms with Gasteiger partial charge < -0.3 is 19.1 Å². The Kier molecular flexibility index (Phi) is 6.68. The summed E-state index contributed by atoms with van der Waals surface area (Å²) in [5.74, 6) is 0.173. The molecule has 0 spiro atoms. The lowest BCUT2D eigenvalue weighted by molar-refractivity contribution is -0.138. The van der Waals surface area contributed by atoms with Crippen molar-refractivity contribution < 1.29 is 23.8 Å². The summed E-state index contributed by atoms with van der Waals surface area (Å²) in [7, 11) is 6.35. The van der Waals surface area contributed by atoms with E-state index in [1.54, 1.807) is 70.1 Å². The molecule has 0 bridgehead atoms. The number of thiazole rings is 1. The maximum absolute atomic E-state index is 12.7. The predicted octanol–water partition coefficient (Wildman–Crippen LogP) is 3.81. The summed E-state index contributed by atoms with van der Waals surface area (Å²) >= 11 is 1.30. The monoisotopic (exact) mass is 426 g/mol. The van der Waals surface area contributed by atoms with Crippen LogP contribution in [0.5, 0.6) is 11.5 Å². The topological polar surface area (TPSA) is 78.0 Å². The average molecular weight is 426 g/mol. The number of carbonyl (C=O) groups is 2. The zero-order chi connectivity index (χ0) is 21.7. The molecule has 0 N–H and O–H groups in total. The lowest BCUT2D eigenvalue weighted by Gasteiger charge is -2.20. The number of rotatable bonds is 7. The molecule has 0 fully saturated rings. The number of ether oxygens (including phenoxy) is 3. The van der Waals surface area contributed by atoms with Crippen molar-refractivity contribution in [3.05, 3.63) is 65.2 Å². The van der Waals surface area contributed by atoms with Crippen molar-refractivity contribution in [1.29, 1.82) is 0 Å². The molecule has 1 heterocycles.